The maximum atomic E-state index is 14.7. The molecule has 1 aromatic heterocycles. The molecule has 2 amide bonds. The minimum atomic E-state index is -0.803. The van der Waals surface area contributed by atoms with Gasteiger partial charge in [-0.2, -0.15) is 0 Å². The second-order valence-corrected chi connectivity index (χ2v) is 8.57. The number of aliphatic imine (C=N–C) groups is 1. The number of benzene rings is 2. The predicted octanol–water partition coefficient (Wildman–Crippen LogP) is 2.34. The number of hydrogen-bond acceptors (Lipinski definition) is 4. The van der Waals surface area contributed by atoms with Gasteiger partial charge in [-0.1, -0.05) is 18.2 Å². The fraction of sp³-hybridized carbons (Fsp3) is 0.280. The van der Waals surface area contributed by atoms with Gasteiger partial charge in [0.05, 0.1) is 17.1 Å². The lowest BCUT2D eigenvalue weighted by molar-refractivity contribution is -0.127. The van der Waals surface area contributed by atoms with E-state index in [0.29, 0.717) is 29.7 Å². The second-order valence-electron chi connectivity index (χ2n) is 8.57. The Morgan fingerprint density at radius 3 is 2.29 bits per heavy atom. The number of nitrogens with one attached hydrogen (secondary N) is 1. The summed E-state index contributed by atoms with van der Waals surface area (Å²) in [4.78, 5) is 49.0. The van der Waals surface area contributed by atoms with E-state index in [1.54, 1.807) is 29.2 Å². The fourth-order valence-corrected chi connectivity index (χ4v) is 4.20. The minimum Gasteiger partial charge on any atom is -0.383 e. The van der Waals surface area contributed by atoms with Crippen molar-refractivity contribution in [3.05, 3.63) is 71.2 Å². The zero-order valence-corrected chi connectivity index (χ0v) is 18.5. The summed E-state index contributed by atoms with van der Waals surface area (Å²) in [6, 6.07) is 11.8. The number of H-pyrrole nitrogens is 1. The third-order valence-corrected chi connectivity index (χ3v) is 6.24. The number of piperazine rings is 1. The summed E-state index contributed by atoms with van der Waals surface area (Å²) in [6.07, 6.45) is 3.29. The van der Waals surface area contributed by atoms with Crippen molar-refractivity contribution in [3.8, 4) is 0 Å². The molecular weight excluding hydrogens is 437 g/mol. The summed E-state index contributed by atoms with van der Waals surface area (Å²) < 4.78 is 14.7. The highest BCUT2D eigenvalue weighted by Crippen LogP contribution is 2.28. The molecule has 34 heavy (non-hydrogen) atoms. The average molecular weight is 461 g/mol. The van der Waals surface area contributed by atoms with Crippen molar-refractivity contribution in [3.63, 3.8) is 0 Å². The van der Waals surface area contributed by atoms with Crippen LogP contribution in [0.1, 0.15) is 39.1 Å². The van der Waals surface area contributed by atoms with Crippen molar-refractivity contribution in [2.24, 2.45) is 10.7 Å². The second kappa shape index (κ2) is 8.74. The Hall–Kier alpha value is -4.01. The van der Waals surface area contributed by atoms with Crippen molar-refractivity contribution in [2.45, 2.75) is 18.9 Å². The van der Waals surface area contributed by atoms with Crippen LogP contribution in [0.4, 0.5) is 4.39 Å². The molecule has 2 aromatic carbocycles. The van der Waals surface area contributed by atoms with Crippen molar-refractivity contribution in [1.29, 1.82) is 0 Å². The van der Waals surface area contributed by atoms with Crippen molar-refractivity contribution in [2.75, 3.05) is 26.2 Å². The predicted molar refractivity (Wildman–Crippen MR) is 125 cm³/mol. The molecule has 8 nitrogen and oxygen atoms in total. The maximum Gasteiger partial charge on any atom is 0.295 e. The summed E-state index contributed by atoms with van der Waals surface area (Å²) in [5, 5.41) is 0.0303. The summed E-state index contributed by atoms with van der Waals surface area (Å²) in [5.74, 6) is -1.98. The Balaban J connectivity index is 1.32. The number of ketones is 1. The lowest BCUT2D eigenvalue weighted by Gasteiger charge is -2.34. The van der Waals surface area contributed by atoms with Gasteiger partial charge in [-0.05, 0) is 37.1 Å². The molecule has 2 heterocycles. The van der Waals surface area contributed by atoms with Crippen LogP contribution in [0.15, 0.2) is 53.7 Å². The summed E-state index contributed by atoms with van der Waals surface area (Å²) in [5.41, 5.74) is 7.49. The van der Waals surface area contributed by atoms with Crippen LogP contribution in [0.2, 0.25) is 0 Å². The number of aromatic amines is 1. The molecule has 174 valence electrons. The number of carbonyl (C=O) groups excluding carboxylic acids is 3. The van der Waals surface area contributed by atoms with Crippen LogP contribution in [0.3, 0.4) is 0 Å². The molecule has 0 bridgehead atoms. The van der Waals surface area contributed by atoms with Crippen LogP contribution >= 0.6 is 0 Å². The Morgan fingerprint density at radius 2 is 1.62 bits per heavy atom. The highest BCUT2D eigenvalue weighted by atomic mass is 19.1. The van der Waals surface area contributed by atoms with Crippen molar-refractivity contribution in [1.82, 2.24) is 14.8 Å². The Labute approximate surface area is 195 Å². The number of fused-ring (bicyclic) bond motifs is 1. The molecule has 1 aliphatic heterocycles. The Bertz CT molecular complexity index is 1300. The van der Waals surface area contributed by atoms with Crippen LogP contribution in [-0.4, -0.2) is 70.4 Å². The Morgan fingerprint density at radius 1 is 0.941 bits per heavy atom. The average Bonchev–Trinajstić information content (AvgIpc) is 3.57. The normalized spacial score (nSPS) is 16.7. The number of carbonyl (C=O) groups is 3. The fourth-order valence-electron chi connectivity index (χ4n) is 4.20. The zero-order chi connectivity index (χ0) is 23.8. The Kier molecular flexibility index (Phi) is 5.61. The van der Waals surface area contributed by atoms with Gasteiger partial charge in [0.15, 0.2) is 0 Å². The number of nitrogens with two attached hydrogens (primary N) is 1. The number of hydrogen-bond donors (Lipinski definition) is 2. The third-order valence-electron chi connectivity index (χ3n) is 6.24. The molecule has 1 saturated heterocycles. The summed E-state index contributed by atoms with van der Waals surface area (Å²) in [7, 11) is 0. The molecular formula is C25H24FN5O3. The van der Waals surface area contributed by atoms with E-state index in [0.717, 1.165) is 12.8 Å². The van der Waals surface area contributed by atoms with E-state index in [-0.39, 0.29) is 41.8 Å². The molecule has 2 fully saturated rings. The first-order valence-electron chi connectivity index (χ1n) is 11.2. The van der Waals surface area contributed by atoms with E-state index < -0.39 is 17.5 Å². The first kappa shape index (κ1) is 21.8. The number of nitrogens with zero attached hydrogens (tertiary/aromatic N) is 3. The van der Waals surface area contributed by atoms with Gasteiger partial charge in [-0.15, -0.1) is 0 Å². The number of amides is 2. The largest absolute Gasteiger partial charge is 0.383 e. The van der Waals surface area contributed by atoms with Gasteiger partial charge in [0.2, 0.25) is 0 Å². The number of Topliss-reactive ketones (excluding diaryl/α,β-unsaturated/α-hetero) is 1. The lowest BCUT2D eigenvalue weighted by atomic mass is 10.0. The number of rotatable bonds is 5. The molecule has 2 aliphatic rings. The molecule has 3 N–H and O–H groups in total. The molecule has 3 aromatic rings. The molecule has 0 atom stereocenters. The molecule has 1 aliphatic carbocycles. The van der Waals surface area contributed by atoms with E-state index >= 15 is 0 Å². The highest BCUT2D eigenvalue weighted by Gasteiger charge is 2.31. The molecule has 0 radical (unpaired) electrons. The van der Waals surface area contributed by atoms with Crippen LogP contribution in [0.5, 0.6) is 0 Å². The van der Waals surface area contributed by atoms with E-state index in [1.807, 2.05) is 6.07 Å². The first-order chi connectivity index (χ1) is 16.4. The number of halogens is 1. The van der Waals surface area contributed by atoms with Crippen LogP contribution in [0.25, 0.3) is 10.9 Å². The SMILES string of the molecule is NC(=NC1CC1)c1ccc(F)c2c(C(=O)C(=O)N3CCN(C(=O)c4ccccc4)CC3)c[nH]c12. The van der Waals surface area contributed by atoms with Gasteiger partial charge < -0.3 is 20.5 Å². The lowest BCUT2D eigenvalue weighted by Crippen LogP contribution is -2.52. The highest BCUT2D eigenvalue weighted by molar-refractivity contribution is 6.45. The summed E-state index contributed by atoms with van der Waals surface area (Å²) in [6.45, 7) is 1.07. The minimum absolute atomic E-state index is 0.0303. The van der Waals surface area contributed by atoms with Crippen molar-refractivity contribution >= 4 is 34.3 Å². The van der Waals surface area contributed by atoms with Gasteiger partial charge in [0.25, 0.3) is 17.6 Å². The topological polar surface area (TPSA) is 112 Å². The number of aromatic nitrogens is 1. The standard InChI is InChI=1S/C25H24FN5O3/c26-19-9-8-17(23(27)29-16-6-7-16)21-20(19)18(14-28-21)22(32)25(34)31-12-10-30(11-13-31)24(33)15-4-2-1-3-5-15/h1-5,8-9,14,16,28H,6-7,10-13H2,(H2,27,29). The molecule has 0 spiro atoms. The van der Waals surface area contributed by atoms with E-state index in [4.69, 9.17) is 5.73 Å². The zero-order valence-electron chi connectivity index (χ0n) is 18.5. The third kappa shape index (κ3) is 4.05. The number of amidine groups is 1. The quantitative estimate of drug-likeness (QED) is 0.263. The van der Waals surface area contributed by atoms with E-state index in [1.165, 1.54) is 23.2 Å². The molecule has 5 rings (SSSR count). The smallest absolute Gasteiger partial charge is 0.295 e. The van der Waals surface area contributed by atoms with Gasteiger partial charge in [0.1, 0.15) is 11.7 Å². The summed E-state index contributed by atoms with van der Waals surface area (Å²) >= 11 is 0. The maximum absolute atomic E-state index is 14.7. The van der Waals surface area contributed by atoms with Crippen molar-refractivity contribution < 1.29 is 18.8 Å². The molecule has 9 heteroatoms. The van der Waals surface area contributed by atoms with E-state index in [9.17, 15) is 18.8 Å². The van der Waals surface area contributed by atoms with Gasteiger partial charge in [0, 0.05) is 48.9 Å². The van der Waals surface area contributed by atoms with Crippen LogP contribution in [0, 0.1) is 5.82 Å². The first-order valence-corrected chi connectivity index (χ1v) is 11.2. The van der Waals surface area contributed by atoms with Gasteiger partial charge in [-0.3, -0.25) is 19.4 Å². The molecule has 1 saturated carbocycles. The molecule has 0 unspecified atom stereocenters. The van der Waals surface area contributed by atoms with Gasteiger partial charge >= 0.3 is 0 Å². The monoisotopic (exact) mass is 461 g/mol. The van der Waals surface area contributed by atoms with Crippen LogP contribution < -0.4 is 5.73 Å². The van der Waals surface area contributed by atoms with Gasteiger partial charge in [-0.25, -0.2) is 4.39 Å². The van der Waals surface area contributed by atoms with E-state index in [2.05, 4.69) is 9.98 Å². The van der Waals surface area contributed by atoms with Crippen LogP contribution in [-0.2, 0) is 4.79 Å².